The molecule has 1 aliphatic rings. The number of hydrogen-bond donors (Lipinski definition) is 2. The summed E-state index contributed by atoms with van der Waals surface area (Å²) in [7, 11) is 0. The molecule has 0 spiro atoms. The zero-order valence-electron chi connectivity index (χ0n) is 20.5. The van der Waals surface area contributed by atoms with Crippen LogP contribution in [0.25, 0.3) is 0 Å². The van der Waals surface area contributed by atoms with Crippen molar-refractivity contribution in [2.45, 2.75) is 64.6 Å². The number of amides is 2. The molecule has 1 fully saturated rings. The summed E-state index contributed by atoms with van der Waals surface area (Å²) in [6.45, 7) is 8.05. The lowest BCUT2D eigenvalue weighted by Gasteiger charge is -2.26. The second-order valence-electron chi connectivity index (χ2n) is 9.56. The van der Waals surface area contributed by atoms with Gasteiger partial charge in [0.05, 0.1) is 12.6 Å². The highest BCUT2D eigenvalue weighted by Gasteiger charge is 2.50. The van der Waals surface area contributed by atoms with Crippen LogP contribution < -0.4 is 10.6 Å². The Balaban J connectivity index is 1.80. The van der Waals surface area contributed by atoms with Crippen molar-refractivity contribution in [1.29, 1.82) is 0 Å². The van der Waals surface area contributed by atoms with Gasteiger partial charge in [-0.3, -0.25) is 14.4 Å². The van der Waals surface area contributed by atoms with Crippen LogP contribution in [0.3, 0.4) is 0 Å². The molecule has 2 amide bonds. The smallest absolute Gasteiger partial charge is 0.243 e. The van der Waals surface area contributed by atoms with E-state index in [2.05, 4.69) is 10.6 Å². The average molecular weight is 465 g/mol. The first kappa shape index (κ1) is 25.6. The van der Waals surface area contributed by atoms with E-state index >= 15 is 0 Å². The quantitative estimate of drug-likeness (QED) is 0.471. The molecule has 182 valence electrons. The minimum Gasteiger partial charge on any atom is -0.361 e. The summed E-state index contributed by atoms with van der Waals surface area (Å²) in [5.41, 5.74) is 1.01. The van der Waals surface area contributed by atoms with Gasteiger partial charge in [0.2, 0.25) is 11.8 Å². The molecular weight excluding hydrogens is 428 g/mol. The Bertz CT molecular complexity index is 972. The van der Waals surface area contributed by atoms with Gasteiger partial charge in [-0.05, 0) is 30.4 Å². The van der Waals surface area contributed by atoms with Crippen LogP contribution in [0.15, 0.2) is 60.7 Å². The Labute approximate surface area is 202 Å². The lowest BCUT2D eigenvalue weighted by atomic mass is 9.92. The van der Waals surface area contributed by atoms with Gasteiger partial charge in [-0.15, -0.1) is 0 Å². The van der Waals surface area contributed by atoms with Crippen LogP contribution in [0.5, 0.6) is 0 Å². The molecule has 5 atom stereocenters. The maximum Gasteiger partial charge on any atom is 0.243 e. The monoisotopic (exact) mass is 464 g/mol. The SMILES string of the molecule is CCC(C)[C@@H](C)C(=O)NC(Cc1ccccc1)C(=O)NC(Cc1ccccc1)C(=O)C1(C)CO1. The highest BCUT2D eigenvalue weighted by molar-refractivity contribution is 5.98. The van der Waals surface area contributed by atoms with Gasteiger partial charge in [-0.25, -0.2) is 0 Å². The molecule has 0 bridgehead atoms. The molecule has 0 aliphatic carbocycles. The van der Waals surface area contributed by atoms with E-state index in [1.807, 2.05) is 81.4 Å². The van der Waals surface area contributed by atoms with E-state index in [-0.39, 0.29) is 29.4 Å². The van der Waals surface area contributed by atoms with Crippen LogP contribution in [0, 0.1) is 11.8 Å². The molecule has 6 heteroatoms. The molecule has 1 heterocycles. The standard InChI is InChI=1S/C28H36N2O4/c1-5-19(2)20(3)26(32)30-24(17-22-14-10-7-11-15-22)27(33)29-23(25(31)28(4)18-34-28)16-21-12-8-6-9-13-21/h6-15,19-20,23-24H,5,16-18H2,1-4H3,(H,29,33)(H,30,32)/t19?,20-,23?,24?,28?/m1/s1. The molecule has 2 aromatic rings. The molecule has 0 saturated carbocycles. The summed E-state index contributed by atoms with van der Waals surface area (Å²) in [6.07, 6.45) is 1.57. The molecule has 2 N–H and O–H groups in total. The van der Waals surface area contributed by atoms with Crippen molar-refractivity contribution in [3.8, 4) is 0 Å². The van der Waals surface area contributed by atoms with Crippen molar-refractivity contribution in [2.24, 2.45) is 11.8 Å². The molecule has 3 rings (SSSR count). The second kappa shape index (κ2) is 11.4. The first-order valence-electron chi connectivity index (χ1n) is 12.1. The second-order valence-corrected chi connectivity index (χ2v) is 9.56. The van der Waals surface area contributed by atoms with Gasteiger partial charge < -0.3 is 15.4 Å². The van der Waals surface area contributed by atoms with Crippen molar-refractivity contribution in [3.05, 3.63) is 71.8 Å². The number of ether oxygens (including phenoxy) is 1. The van der Waals surface area contributed by atoms with Gasteiger partial charge in [-0.1, -0.05) is 87.9 Å². The van der Waals surface area contributed by atoms with Crippen LogP contribution in [0.4, 0.5) is 0 Å². The van der Waals surface area contributed by atoms with Gasteiger partial charge in [-0.2, -0.15) is 0 Å². The van der Waals surface area contributed by atoms with Crippen molar-refractivity contribution in [2.75, 3.05) is 6.61 Å². The number of hydrogen-bond acceptors (Lipinski definition) is 4. The minimum absolute atomic E-state index is 0.150. The number of rotatable bonds is 12. The number of carbonyl (C=O) groups is 3. The van der Waals surface area contributed by atoms with E-state index in [0.717, 1.165) is 17.5 Å². The summed E-state index contributed by atoms with van der Waals surface area (Å²) in [6, 6.07) is 17.6. The Kier molecular flexibility index (Phi) is 8.61. The molecule has 2 aromatic carbocycles. The van der Waals surface area contributed by atoms with E-state index < -0.39 is 17.7 Å². The summed E-state index contributed by atoms with van der Waals surface area (Å²) < 4.78 is 5.38. The fourth-order valence-corrected chi connectivity index (χ4v) is 3.92. The number of carbonyl (C=O) groups excluding carboxylic acids is 3. The number of nitrogens with one attached hydrogen (secondary N) is 2. The molecule has 0 aromatic heterocycles. The van der Waals surface area contributed by atoms with Crippen LogP contribution in [-0.4, -0.2) is 41.9 Å². The highest BCUT2D eigenvalue weighted by atomic mass is 16.6. The van der Waals surface area contributed by atoms with Crippen LogP contribution in [0.2, 0.25) is 0 Å². The van der Waals surface area contributed by atoms with Crippen molar-refractivity contribution < 1.29 is 19.1 Å². The van der Waals surface area contributed by atoms with Crippen molar-refractivity contribution in [3.63, 3.8) is 0 Å². The van der Waals surface area contributed by atoms with Gasteiger partial charge in [0.15, 0.2) is 5.78 Å². The average Bonchev–Trinajstić information content (AvgIpc) is 3.61. The molecule has 0 radical (unpaired) electrons. The lowest BCUT2D eigenvalue weighted by Crippen LogP contribution is -2.55. The molecule has 1 saturated heterocycles. The maximum atomic E-state index is 13.5. The molecular formula is C28H36N2O4. The topological polar surface area (TPSA) is 87.8 Å². The van der Waals surface area contributed by atoms with Crippen LogP contribution in [0.1, 0.15) is 45.2 Å². The summed E-state index contributed by atoms with van der Waals surface area (Å²) in [4.78, 5) is 39.6. The van der Waals surface area contributed by atoms with E-state index in [0.29, 0.717) is 19.4 Å². The van der Waals surface area contributed by atoms with Crippen LogP contribution >= 0.6 is 0 Å². The van der Waals surface area contributed by atoms with Gasteiger partial charge in [0, 0.05) is 12.3 Å². The number of Topliss-reactive ketones (excluding diaryl/α,β-unsaturated/α-hetero) is 1. The van der Waals surface area contributed by atoms with E-state index in [1.165, 1.54) is 0 Å². The van der Waals surface area contributed by atoms with E-state index in [1.54, 1.807) is 6.92 Å². The summed E-state index contributed by atoms with van der Waals surface area (Å²) in [5.74, 6) is -0.709. The first-order chi connectivity index (χ1) is 16.2. The maximum absolute atomic E-state index is 13.5. The Morgan fingerprint density at radius 2 is 1.32 bits per heavy atom. The Morgan fingerprint density at radius 3 is 1.79 bits per heavy atom. The third-order valence-electron chi connectivity index (χ3n) is 6.84. The van der Waals surface area contributed by atoms with E-state index in [4.69, 9.17) is 4.74 Å². The zero-order valence-corrected chi connectivity index (χ0v) is 20.5. The predicted octanol–water partition coefficient (Wildman–Crippen LogP) is 3.48. The zero-order chi connectivity index (χ0) is 24.7. The lowest BCUT2D eigenvalue weighted by molar-refractivity contribution is -0.134. The molecule has 34 heavy (non-hydrogen) atoms. The van der Waals surface area contributed by atoms with E-state index in [9.17, 15) is 14.4 Å². The van der Waals surface area contributed by atoms with Gasteiger partial charge in [0.1, 0.15) is 11.6 Å². The third kappa shape index (κ3) is 6.76. The predicted molar refractivity (Wildman–Crippen MR) is 132 cm³/mol. The largest absolute Gasteiger partial charge is 0.361 e. The van der Waals surface area contributed by atoms with Gasteiger partial charge in [0.25, 0.3) is 0 Å². The number of benzene rings is 2. The molecule has 1 aliphatic heterocycles. The fraction of sp³-hybridized carbons (Fsp3) is 0.464. The number of ketones is 1. The van der Waals surface area contributed by atoms with Crippen molar-refractivity contribution >= 4 is 17.6 Å². The number of epoxide rings is 1. The Hall–Kier alpha value is -2.99. The highest BCUT2D eigenvalue weighted by Crippen LogP contribution is 2.29. The Morgan fingerprint density at radius 1 is 0.853 bits per heavy atom. The fourth-order valence-electron chi connectivity index (χ4n) is 3.92. The van der Waals surface area contributed by atoms with Gasteiger partial charge >= 0.3 is 0 Å². The van der Waals surface area contributed by atoms with Crippen LogP contribution in [-0.2, 0) is 32.0 Å². The normalized spacial score (nSPS) is 20.5. The molecule has 6 nitrogen and oxygen atoms in total. The summed E-state index contributed by atoms with van der Waals surface area (Å²) in [5, 5.41) is 5.89. The van der Waals surface area contributed by atoms with Crippen molar-refractivity contribution in [1.82, 2.24) is 10.6 Å². The summed E-state index contributed by atoms with van der Waals surface area (Å²) >= 11 is 0. The third-order valence-corrected chi connectivity index (χ3v) is 6.84. The first-order valence-corrected chi connectivity index (χ1v) is 12.1. The minimum atomic E-state index is -0.865. The molecule has 4 unspecified atom stereocenters.